The van der Waals surface area contributed by atoms with Crippen molar-refractivity contribution in [2.45, 2.75) is 23.9 Å². The van der Waals surface area contributed by atoms with Gasteiger partial charge in [-0.15, -0.1) is 0 Å². The van der Waals surface area contributed by atoms with Crippen molar-refractivity contribution in [3.8, 4) is 22.3 Å². The van der Waals surface area contributed by atoms with Gasteiger partial charge in [0.05, 0.1) is 16.8 Å². The number of hydrogen-bond donors (Lipinski definition) is 1. The van der Waals surface area contributed by atoms with Crippen LogP contribution in [0, 0.1) is 0 Å². The van der Waals surface area contributed by atoms with Crippen LogP contribution in [0.1, 0.15) is 68.6 Å². The molecule has 0 saturated carbocycles. The first-order valence-electron chi connectivity index (χ1n) is 25.0. The Bertz CT molecular complexity index is 3820. The second-order valence-electron chi connectivity index (χ2n) is 19.3. The molecule has 72 heavy (non-hydrogen) atoms. The molecule has 0 radical (unpaired) electrons. The lowest BCUT2D eigenvalue weighted by Gasteiger charge is -2.45. The topological polar surface area (TPSA) is 40.0 Å². The van der Waals surface area contributed by atoms with Gasteiger partial charge in [-0.1, -0.05) is 231 Å². The molecule has 14 rings (SSSR count). The molecular weight excluding hydrogens is 873 g/mol. The largest absolute Gasteiger partial charge is 0.344 e. The van der Waals surface area contributed by atoms with E-state index in [-0.39, 0.29) is 12.1 Å². The quantitative estimate of drug-likeness (QED) is 0.173. The minimum Gasteiger partial charge on any atom is -0.344 e. The molecule has 4 nitrogen and oxygen atoms in total. The van der Waals surface area contributed by atoms with Crippen molar-refractivity contribution in [2.75, 3.05) is 4.90 Å². The number of nitrogens with zero attached hydrogens (tertiary/aromatic N) is 3. The molecule has 4 aliphatic rings. The maximum Gasteiger partial charge on any atom is 0.159 e. The van der Waals surface area contributed by atoms with Crippen molar-refractivity contribution in [3.63, 3.8) is 0 Å². The summed E-state index contributed by atoms with van der Waals surface area (Å²) in [5, 5.41) is 6.25. The molecule has 1 spiro atoms. The van der Waals surface area contributed by atoms with Gasteiger partial charge < -0.3 is 10.2 Å². The molecule has 2 atom stereocenters. The Morgan fingerprint density at radius 3 is 1.88 bits per heavy atom. The Kier molecular flexibility index (Phi) is 9.92. The lowest BCUT2D eigenvalue weighted by molar-refractivity contribution is 0.674. The van der Waals surface area contributed by atoms with E-state index in [1.807, 2.05) is 6.07 Å². The van der Waals surface area contributed by atoms with Gasteiger partial charge >= 0.3 is 0 Å². The molecule has 340 valence electrons. The number of allylic oxidation sites excluding steroid dienone is 4. The average Bonchev–Trinajstić information content (AvgIpc) is 3.77. The molecule has 10 aromatic rings. The molecule has 1 N–H and O–H groups in total. The van der Waals surface area contributed by atoms with Gasteiger partial charge in [-0.2, -0.15) is 0 Å². The second-order valence-corrected chi connectivity index (χ2v) is 19.3. The fourth-order valence-corrected chi connectivity index (χ4v) is 12.0. The maximum atomic E-state index is 5.30. The van der Waals surface area contributed by atoms with Gasteiger partial charge in [0.1, 0.15) is 12.0 Å². The van der Waals surface area contributed by atoms with E-state index in [0.29, 0.717) is 5.84 Å². The number of rotatable bonds is 7. The van der Waals surface area contributed by atoms with Crippen molar-refractivity contribution < 1.29 is 0 Å². The molecule has 2 heterocycles. The summed E-state index contributed by atoms with van der Waals surface area (Å²) in [4.78, 5) is 12.9. The van der Waals surface area contributed by atoms with Crippen LogP contribution in [-0.4, -0.2) is 11.7 Å². The van der Waals surface area contributed by atoms with Crippen molar-refractivity contribution >= 4 is 45.1 Å². The molecule has 10 aromatic carbocycles. The summed E-state index contributed by atoms with van der Waals surface area (Å²) in [7, 11) is 0. The predicted molar refractivity (Wildman–Crippen MR) is 298 cm³/mol. The van der Waals surface area contributed by atoms with Crippen LogP contribution in [0.4, 0.5) is 17.1 Å². The number of nitrogens with one attached hydrogen (secondary N) is 1. The van der Waals surface area contributed by atoms with Crippen LogP contribution in [0.15, 0.2) is 271 Å². The average molecular weight is 921 g/mol. The van der Waals surface area contributed by atoms with E-state index in [9.17, 15) is 0 Å². The number of amidine groups is 2. The lowest BCUT2D eigenvalue weighted by Crippen LogP contribution is -2.36. The zero-order chi connectivity index (χ0) is 47.6. The van der Waals surface area contributed by atoms with Crippen LogP contribution in [0.3, 0.4) is 0 Å². The first-order valence-corrected chi connectivity index (χ1v) is 25.0. The molecule has 0 fully saturated rings. The van der Waals surface area contributed by atoms with Crippen LogP contribution < -0.4 is 10.2 Å². The molecule has 0 bridgehead atoms. The number of anilines is 3. The van der Waals surface area contributed by atoms with Crippen LogP contribution >= 0.6 is 0 Å². The fourth-order valence-electron chi connectivity index (χ4n) is 12.0. The van der Waals surface area contributed by atoms with E-state index < -0.39 is 5.41 Å². The first kappa shape index (κ1) is 41.8. The zero-order valence-electron chi connectivity index (χ0n) is 39.5. The Hall–Kier alpha value is -9.12. The fraction of sp³-hybridized carbons (Fsp3) is 0.0588. The summed E-state index contributed by atoms with van der Waals surface area (Å²) < 4.78 is 0. The third-order valence-corrected chi connectivity index (χ3v) is 15.3. The maximum absolute atomic E-state index is 5.30. The number of aliphatic imine (C=N–C) groups is 2. The summed E-state index contributed by atoms with van der Waals surface area (Å²) in [5.41, 5.74) is 20.2. The van der Waals surface area contributed by atoms with Crippen molar-refractivity contribution in [2.24, 2.45) is 9.98 Å². The highest BCUT2D eigenvalue weighted by molar-refractivity contribution is 6.13. The molecule has 2 aliphatic heterocycles. The van der Waals surface area contributed by atoms with Gasteiger partial charge in [-0.25, -0.2) is 9.98 Å². The van der Waals surface area contributed by atoms with Gasteiger partial charge in [0.2, 0.25) is 0 Å². The van der Waals surface area contributed by atoms with E-state index in [0.717, 1.165) is 40.2 Å². The van der Waals surface area contributed by atoms with E-state index in [1.54, 1.807) is 0 Å². The predicted octanol–water partition coefficient (Wildman–Crippen LogP) is 16.3. The van der Waals surface area contributed by atoms with Crippen molar-refractivity contribution in [3.05, 3.63) is 311 Å². The van der Waals surface area contributed by atoms with Crippen LogP contribution in [-0.2, 0) is 5.41 Å². The van der Waals surface area contributed by atoms with E-state index >= 15 is 0 Å². The number of hydrogen-bond acceptors (Lipinski definition) is 4. The monoisotopic (exact) mass is 920 g/mol. The van der Waals surface area contributed by atoms with Gasteiger partial charge in [0.15, 0.2) is 5.84 Å². The molecule has 2 unspecified atom stereocenters. The minimum atomic E-state index is -0.549. The van der Waals surface area contributed by atoms with E-state index in [1.165, 1.54) is 77.8 Å². The standard InChI is InChI=1S/C68H48N4/c1-4-18-45(19-5-1)46-34-36-49(37-35-46)66-69-65(48-21-6-2-7-22-48)70-67(71-66)54-26-17-25-52(43-54)50-23-16-24-51(42-50)53-38-40-57-61(44-53)68(60-41-39-47-20-10-11-29-56(47)64(57)60)58-30-12-14-32-62(58)72(55-27-8-3-9-28-55)63-33-15-13-31-59(63)68/h1-41,43-44,51,67H,42H2,(H,69,70,71). The molecule has 0 saturated heterocycles. The van der Waals surface area contributed by atoms with Crippen molar-refractivity contribution in [1.29, 1.82) is 0 Å². The van der Waals surface area contributed by atoms with Gasteiger partial charge in [-0.3, -0.25) is 0 Å². The third-order valence-electron chi connectivity index (χ3n) is 15.3. The Morgan fingerprint density at radius 2 is 1.11 bits per heavy atom. The van der Waals surface area contributed by atoms with E-state index in [2.05, 4.69) is 265 Å². The van der Waals surface area contributed by atoms with Gasteiger partial charge in [0, 0.05) is 22.7 Å². The SMILES string of the molecule is C1=CC(c2ccc3c(c2)C2(c4ccccc4N(c4ccccc4)c4ccccc42)c2ccc4ccccc4c2-3)CC(c2cccc(C3N=C(c4ccc(-c5ccccc5)cc4)N=C(c4ccccc4)N3)c2)=C1. The van der Waals surface area contributed by atoms with E-state index in [4.69, 9.17) is 9.98 Å². The normalized spacial score (nSPS) is 16.9. The van der Waals surface area contributed by atoms with Gasteiger partial charge in [0.25, 0.3) is 0 Å². The first-order chi connectivity index (χ1) is 35.7. The Morgan fingerprint density at radius 1 is 0.472 bits per heavy atom. The highest BCUT2D eigenvalue weighted by Crippen LogP contribution is 2.64. The molecule has 0 amide bonds. The molecular formula is C68H48N4. The molecule has 2 aliphatic carbocycles. The zero-order valence-corrected chi connectivity index (χ0v) is 39.5. The highest BCUT2D eigenvalue weighted by atomic mass is 15.2. The summed E-state index contributed by atoms with van der Waals surface area (Å²) >= 11 is 0. The smallest absolute Gasteiger partial charge is 0.159 e. The summed E-state index contributed by atoms with van der Waals surface area (Å²) in [6.45, 7) is 0. The Balaban J connectivity index is 0.843. The third kappa shape index (κ3) is 6.75. The summed E-state index contributed by atoms with van der Waals surface area (Å²) in [6.07, 6.45) is 7.49. The van der Waals surface area contributed by atoms with Gasteiger partial charge in [-0.05, 0) is 114 Å². The highest BCUT2D eigenvalue weighted by Gasteiger charge is 2.52. The van der Waals surface area contributed by atoms with Crippen LogP contribution in [0.25, 0.3) is 38.6 Å². The molecule has 0 aromatic heterocycles. The molecule has 4 heteroatoms. The van der Waals surface area contributed by atoms with Crippen molar-refractivity contribution in [1.82, 2.24) is 5.32 Å². The number of benzene rings is 10. The number of para-hydroxylation sites is 3. The van der Waals surface area contributed by atoms with Crippen LogP contribution in [0.2, 0.25) is 0 Å². The Labute approximate surface area is 420 Å². The van der Waals surface area contributed by atoms with Crippen LogP contribution in [0.5, 0.6) is 0 Å². The summed E-state index contributed by atoms with van der Waals surface area (Å²) in [6, 6.07) is 88.5. The second kappa shape index (κ2) is 17.1. The number of fused-ring (bicyclic) bond motifs is 11. The summed E-state index contributed by atoms with van der Waals surface area (Å²) in [5.74, 6) is 1.69. The minimum absolute atomic E-state index is 0.166. The lowest BCUT2D eigenvalue weighted by atomic mass is 9.64.